The molecule has 0 saturated carbocycles. The number of benzene rings is 1. The Morgan fingerprint density at radius 3 is 1.11 bits per heavy atom. The zero-order chi connectivity index (χ0) is 39.4. The van der Waals surface area contributed by atoms with Crippen LogP contribution in [0.3, 0.4) is 0 Å². The van der Waals surface area contributed by atoms with Crippen LogP contribution in [0.2, 0.25) is 0 Å². The van der Waals surface area contributed by atoms with E-state index in [1.54, 1.807) is 22.7 Å². The van der Waals surface area contributed by atoms with Crippen molar-refractivity contribution in [1.29, 1.82) is 0 Å². The van der Waals surface area contributed by atoms with Gasteiger partial charge >= 0.3 is 0 Å². The Kier molecular flexibility index (Phi) is 20.7. The third kappa shape index (κ3) is 13.1. The van der Waals surface area contributed by atoms with Crippen LogP contribution in [-0.2, 0) is 0 Å². The van der Waals surface area contributed by atoms with Gasteiger partial charge in [0.25, 0.3) is 0 Å². The van der Waals surface area contributed by atoms with Crippen molar-refractivity contribution in [2.24, 2.45) is 23.7 Å². The summed E-state index contributed by atoms with van der Waals surface area (Å²) in [5.74, 6) is 5.53. The quantitative estimate of drug-likeness (QED) is 0.0523. The minimum Gasteiger partial charge on any atom is -0.489 e. The molecule has 4 atom stereocenters. The van der Waals surface area contributed by atoms with Crippen molar-refractivity contribution in [3.05, 3.63) is 22.9 Å². The van der Waals surface area contributed by atoms with Crippen LogP contribution in [0.15, 0.2) is 22.9 Å². The second kappa shape index (κ2) is 25.1. The second-order valence-electron chi connectivity index (χ2n) is 15.5. The monoisotopic (exact) mass is 812 g/mol. The lowest BCUT2D eigenvalue weighted by Gasteiger charge is -2.19. The fourth-order valence-corrected chi connectivity index (χ4v) is 9.64. The van der Waals surface area contributed by atoms with Crippen LogP contribution in [0.4, 0.5) is 0 Å². The van der Waals surface area contributed by atoms with Crippen molar-refractivity contribution in [1.82, 2.24) is 8.75 Å². The van der Waals surface area contributed by atoms with Crippen LogP contribution in [0.1, 0.15) is 158 Å². The first kappa shape index (κ1) is 45.3. The molecule has 0 radical (unpaired) electrons. The highest BCUT2D eigenvalue weighted by Crippen LogP contribution is 2.51. The van der Waals surface area contributed by atoms with Crippen LogP contribution in [0.25, 0.3) is 31.9 Å². The van der Waals surface area contributed by atoms with Crippen LogP contribution in [0, 0.1) is 23.7 Å². The highest BCUT2D eigenvalue weighted by molar-refractivity contribution is 7.15. The van der Waals surface area contributed by atoms with Crippen molar-refractivity contribution in [2.75, 3.05) is 26.4 Å². The number of fused-ring (bicyclic) bond motifs is 1. The van der Waals surface area contributed by atoms with Gasteiger partial charge in [-0.2, -0.15) is 8.75 Å². The Balaban J connectivity index is 1.72. The first-order valence-corrected chi connectivity index (χ1v) is 24.4. The smallest absolute Gasteiger partial charge is 0.179 e. The second-order valence-corrected chi connectivity index (χ2v) is 17.8. The van der Waals surface area contributed by atoms with E-state index in [0.717, 1.165) is 80.6 Å². The summed E-state index contributed by atoms with van der Waals surface area (Å²) in [6.07, 6.45) is 18.9. The standard InChI is InChI=1S/C46H72N2O4S3/c1-9-17-21-33(13-5)27-49-39-31-53-45(43(39)51-29-35(15-7)23-19-11-3)37-25-26-38(42-41(37)47-55-48-42)46-44(52-30-36(16-8)24-20-12-4)40(32-54-46)50-28-34(14-6)22-18-10-2/h25-26,31-36H,9-24,27-30H2,1-8H3. The number of rotatable bonds is 30. The first-order valence-electron chi connectivity index (χ1n) is 22.0. The lowest BCUT2D eigenvalue weighted by atomic mass is 10.0. The summed E-state index contributed by atoms with van der Waals surface area (Å²) < 4.78 is 36.7. The summed E-state index contributed by atoms with van der Waals surface area (Å²) in [4.78, 5) is 2.13. The highest BCUT2D eigenvalue weighted by atomic mass is 32.1. The number of hydrogen-bond acceptors (Lipinski definition) is 9. The lowest BCUT2D eigenvalue weighted by Crippen LogP contribution is -2.14. The van der Waals surface area contributed by atoms with E-state index in [9.17, 15) is 0 Å². The van der Waals surface area contributed by atoms with Gasteiger partial charge in [-0.1, -0.05) is 145 Å². The van der Waals surface area contributed by atoms with E-state index in [4.69, 9.17) is 27.7 Å². The fraction of sp³-hybridized carbons (Fsp3) is 0.696. The molecule has 0 N–H and O–H groups in total. The molecule has 9 heteroatoms. The van der Waals surface area contributed by atoms with E-state index in [1.807, 2.05) is 0 Å². The van der Waals surface area contributed by atoms with Crippen molar-refractivity contribution in [3.8, 4) is 43.9 Å². The normalized spacial score (nSPS) is 13.9. The van der Waals surface area contributed by atoms with Gasteiger partial charge in [-0.05, 0) is 49.4 Å². The average Bonchev–Trinajstić information content (AvgIpc) is 3.97. The summed E-state index contributed by atoms with van der Waals surface area (Å²) >= 11 is 4.66. The van der Waals surface area contributed by atoms with E-state index < -0.39 is 0 Å². The summed E-state index contributed by atoms with van der Waals surface area (Å²) in [7, 11) is 0. The molecule has 308 valence electrons. The largest absolute Gasteiger partial charge is 0.489 e. The summed E-state index contributed by atoms with van der Waals surface area (Å²) in [6.45, 7) is 21.0. The number of aromatic nitrogens is 2. The lowest BCUT2D eigenvalue weighted by molar-refractivity contribution is 0.201. The van der Waals surface area contributed by atoms with Gasteiger partial charge in [0.05, 0.1) is 47.9 Å². The van der Waals surface area contributed by atoms with Crippen LogP contribution < -0.4 is 18.9 Å². The molecule has 0 bridgehead atoms. The molecule has 6 nitrogen and oxygen atoms in total. The number of unbranched alkanes of at least 4 members (excludes halogenated alkanes) is 4. The molecule has 55 heavy (non-hydrogen) atoms. The Bertz CT molecular complexity index is 1510. The fourth-order valence-electron chi connectivity index (χ4n) is 7.15. The molecule has 3 aromatic heterocycles. The van der Waals surface area contributed by atoms with Gasteiger partial charge in [0.2, 0.25) is 0 Å². The van der Waals surface area contributed by atoms with Crippen molar-refractivity contribution in [2.45, 2.75) is 158 Å². The molecule has 4 unspecified atom stereocenters. The summed E-state index contributed by atoms with van der Waals surface area (Å²) in [5, 5.41) is 4.29. The zero-order valence-electron chi connectivity index (χ0n) is 35.5. The molecular formula is C46H72N2O4S3. The molecule has 0 aliphatic rings. The molecule has 0 aliphatic heterocycles. The van der Waals surface area contributed by atoms with E-state index in [1.165, 1.54) is 88.8 Å². The highest BCUT2D eigenvalue weighted by Gasteiger charge is 2.26. The molecule has 4 rings (SSSR count). The molecule has 4 aromatic rings. The van der Waals surface area contributed by atoms with Crippen molar-refractivity contribution in [3.63, 3.8) is 0 Å². The molecule has 3 heterocycles. The first-order chi connectivity index (χ1) is 27.0. The van der Waals surface area contributed by atoms with Gasteiger partial charge in [-0.3, -0.25) is 0 Å². The molecule has 0 spiro atoms. The van der Waals surface area contributed by atoms with E-state index >= 15 is 0 Å². The number of ether oxygens (including phenoxy) is 4. The summed E-state index contributed by atoms with van der Waals surface area (Å²) in [6, 6.07) is 4.42. The van der Waals surface area contributed by atoms with Gasteiger partial charge in [0.15, 0.2) is 23.0 Å². The van der Waals surface area contributed by atoms with Gasteiger partial charge in [0, 0.05) is 21.9 Å². The maximum Gasteiger partial charge on any atom is 0.179 e. The summed E-state index contributed by atoms with van der Waals surface area (Å²) in [5.41, 5.74) is 3.89. The molecule has 1 aromatic carbocycles. The predicted molar refractivity (Wildman–Crippen MR) is 239 cm³/mol. The minimum atomic E-state index is 0.513. The average molecular weight is 813 g/mol. The molecule has 0 amide bonds. The Hall–Kier alpha value is -2.36. The topological polar surface area (TPSA) is 62.7 Å². The van der Waals surface area contributed by atoms with E-state index in [0.29, 0.717) is 50.1 Å². The van der Waals surface area contributed by atoms with Crippen LogP contribution >= 0.6 is 34.4 Å². The molecule has 0 fully saturated rings. The zero-order valence-corrected chi connectivity index (χ0v) is 38.0. The van der Waals surface area contributed by atoms with E-state index in [-0.39, 0.29) is 0 Å². The number of thiophene rings is 2. The number of nitrogens with zero attached hydrogens (tertiary/aromatic N) is 2. The van der Waals surface area contributed by atoms with Crippen LogP contribution in [-0.4, -0.2) is 35.2 Å². The van der Waals surface area contributed by atoms with Gasteiger partial charge in [0.1, 0.15) is 11.0 Å². The van der Waals surface area contributed by atoms with Gasteiger partial charge < -0.3 is 18.9 Å². The van der Waals surface area contributed by atoms with E-state index in [2.05, 4.69) is 78.3 Å². The Morgan fingerprint density at radius 2 is 0.800 bits per heavy atom. The third-order valence-electron chi connectivity index (χ3n) is 11.4. The predicted octanol–water partition coefficient (Wildman–Crippen LogP) is 15.5. The van der Waals surface area contributed by atoms with Gasteiger partial charge in [-0.25, -0.2) is 0 Å². The van der Waals surface area contributed by atoms with Crippen molar-refractivity contribution < 1.29 is 18.9 Å². The maximum absolute atomic E-state index is 6.80. The molecule has 0 saturated heterocycles. The molecular weight excluding hydrogens is 741 g/mol. The SMILES string of the molecule is CCCCC(CC)COc1csc(-c2ccc(-c3scc(OCC(CC)CCCC)c3OCC(CC)CCCC)c3nsnc23)c1OCC(CC)CCCC. The van der Waals surface area contributed by atoms with Gasteiger partial charge in [-0.15, -0.1) is 22.7 Å². The van der Waals surface area contributed by atoms with Crippen molar-refractivity contribution >= 4 is 45.4 Å². The number of hydrogen-bond donors (Lipinski definition) is 0. The Morgan fingerprint density at radius 1 is 0.473 bits per heavy atom. The minimum absolute atomic E-state index is 0.513. The Labute approximate surface area is 346 Å². The third-order valence-corrected chi connectivity index (χ3v) is 13.9. The maximum atomic E-state index is 6.80. The molecule has 0 aliphatic carbocycles. The van der Waals surface area contributed by atoms with Crippen LogP contribution in [0.5, 0.6) is 23.0 Å².